The number of hydrogen-bond donors (Lipinski definition) is 1. The van der Waals surface area contributed by atoms with Crippen molar-refractivity contribution in [1.29, 1.82) is 0 Å². The number of benzene rings is 2. The molecule has 1 amide bonds. The maximum Gasteiger partial charge on any atom is 0.263 e. The number of amides is 1. The normalized spacial score (nSPS) is 11.2. The molecule has 0 aliphatic heterocycles. The van der Waals surface area contributed by atoms with E-state index in [1.807, 2.05) is 84.4 Å². The van der Waals surface area contributed by atoms with Gasteiger partial charge in [-0.05, 0) is 28.8 Å². The fourth-order valence-electron chi connectivity index (χ4n) is 3.15. The number of carbonyl (C=O) groups excluding carboxylic acids is 1. The van der Waals surface area contributed by atoms with Crippen molar-refractivity contribution in [2.45, 2.75) is 6.54 Å². The van der Waals surface area contributed by atoms with Crippen molar-refractivity contribution < 1.29 is 4.79 Å². The van der Waals surface area contributed by atoms with Crippen LogP contribution in [0, 0.1) is 0 Å². The highest BCUT2D eigenvalue weighted by Crippen LogP contribution is 2.26. The molecule has 0 saturated heterocycles. The highest BCUT2D eigenvalue weighted by atomic mass is 32.1. The Morgan fingerprint density at radius 3 is 2.55 bits per heavy atom. The molecule has 0 unspecified atom stereocenters. The molecule has 2 aromatic carbocycles. The van der Waals surface area contributed by atoms with Gasteiger partial charge >= 0.3 is 0 Å². The van der Waals surface area contributed by atoms with Crippen molar-refractivity contribution in [2.24, 2.45) is 5.10 Å². The molecule has 0 spiro atoms. The van der Waals surface area contributed by atoms with Gasteiger partial charge in [0.1, 0.15) is 12.2 Å². The number of hydrazone groups is 1. The summed E-state index contributed by atoms with van der Waals surface area (Å²) in [7, 11) is 0. The van der Waals surface area contributed by atoms with Gasteiger partial charge in [0.15, 0.2) is 0 Å². The van der Waals surface area contributed by atoms with E-state index >= 15 is 0 Å². The number of thiophene rings is 1. The lowest BCUT2D eigenvalue weighted by molar-refractivity contribution is -0.122. The topological polar surface area (TPSA) is 103 Å². The van der Waals surface area contributed by atoms with Crippen LogP contribution in [0.5, 0.6) is 0 Å². The number of nitrogens with one attached hydrogen (secondary N) is 1. The lowest BCUT2D eigenvalue weighted by atomic mass is 10.2. The minimum absolute atomic E-state index is 0.0990. The highest BCUT2D eigenvalue weighted by Gasteiger charge is 2.12. The summed E-state index contributed by atoms with van der Waals surface area (Å²) in [5, 5.41) is 23.0. The van der Waals surface area contributed by atoms with Gasteiger partial charge in [-0.3, -0.25) is 4.79 Å². The van der Waals surface area contributed by atoms with E-state index in [4.69, 9.17) is 5.10 Å². The number of carbonyl (C=O) groups is 1. The van der Waals surface area contributed by atoms with E-state index in [2.05, 4.69) is 25.9 Å². The van der Waals surface area contributed by atoms with Crippen molar-refractivity contribution in [3.63, 3.8) is 0 Å². The van der Waals surface area contributed by atoms with E-state index in [9.17, 15) is 4.79 Å². The second kappa shape index (κ2) is 9.37. The summed E-state index contributed by atoms with van der Waals surface area (Å²) in [5.74, 6) is 0.0946. The van der Waals surface area contributed by atoms with Crippen molar-refractivity contribution in [3.05, 3.63) is 89.9 Å². The maximum absolute atomic E-state index is 12.3. The Bertz CT molecular complexity index is 1370. The Kier molecular flexibility index (Phi) is 5.81. The molecule has 10 heteroatoms. The average molecular weight is 455 g/mol. The molecule has 5 aromatic rings. The predicted molar refractivity (Wildman–Crippen MR) is 126 cm³/mol. The molecule has 5 rings (SSSR count). The monoisotopic (exact) mass is 454 g/mol. The van der Waals surface area contributed by atoms with Crippen molar-refractivity contribution in [3.8, 4) is 27.6 Å². The lowest BCUT2D eigenvalue weighted by Gasteiger charge is -1.98. The number of rotatable bonds is 7. The number of nitrogens with zero attached hydrogens (tertiary/aromatic N) is 7. The largest absolute Gasteiger partial charge is 0.271 e. The smallest absolute Gasteiger partial charge is 0.263 e. The summed E-state index contributed by atoms with van der Waals surface area (Å²) >= 11 is 1.59. The zero-order chi connectivity index (χ0) is 22.5. The number of hydrogen-bond acceptors (Lipinski definition) is 7. The molecular weight excluding hydrogens is 436 g/mol. The molecule has 0 radical (unpaired) electrons. The molecule has 33 heavy (non-hydrogen) atoms. The van der Waals surface area contributed by atoms with Crippen LogP contribution in [0.15, 0.2) is 89.5 Å². The van der Waals surface area contributed by atoms with E-state index in [1.165, 1.54) is 4.80 Å². The van der Waals surface area contributed by atoms with Gasteiger partial charge in [0.2, 0.25) is 5.82 Å². The first-order valence-corrected chi connectivity index (χ1v) is 11.0. The maximum atomic E-state index is 12.3. The molecule has 0 saturated carbocycles. The van der Waals surface area contributed by atoms with E-state index in [0.717, 1.165) is 27.4 Å². The first-order valence-electron chi connectivity index (χ1n) is 10.1. The molecule has 1 N–H and O–H groups in total. The molecule has 9 nitrogen and oxygen atoms in total. The van der Waals surface area contributed by atoms with Crippen LogP contribution in [0.2, 0.25) is 0 Å². The summed E-state index contributed by atoms with van der Waals surface area (Å²) in [5.41, 5.74) is 5.86. The van der Waals surface area contributed by atoms with Gasteiger partial charge in [0, 0.05) is 17.3 Å². The van der Waals surface area contributed by atoms with Crippen molar-refractivity contribution in [1.82, 2.24) is 35.4 Å². The number of para-hydroxylation sites is 1. The zero-order valence-corrected chi connectivity index (χ0v) is 18.1. The standard InChI is InChI=1S/C23H18N8OS/c32-21(16-31-28-23(26-29-31)17-8-3-1-4-9-17)25-24-14-18-15-30(19-10-5-2-6-11-19)27-22(18)20-12-7-13-33-20/h1-15H,16H2,(H,25,32). The molecule has 162 valence electrons. The third kappa shape index (κ3) is 4.75. The first kappa shape index (κ1) is 20.5. The lowest BCUT2D eigenvalue weighted by Crippen LogP contribution is -2.24. The number of aromatic nitrogens is 6. The van der Waals surface area contributed by atoms with Crippen molar-refractivity contribution in [2.75, 3.05) is 0 Å². The van der Waals surface area contributed by atoms with Crippen LogP contribution in [-0.2, 0) is 11.3 Å². The minimum Gasteiger partial charge on any atom is -0.271 e. The summed E-state index contributed by atoms with van der Waals surface area (Å²) in [6, 6.07) is 23.2. The van der Waals surface area contributed by atoms with Crippen LogP contribution >= 0.6 is 11.3 Å². The van der Waals surface area contributed by atoms with Crippen molar-refractivity contribution >= 4 is 23.5 Å². The SMILES string of the molecule is O=C(Cn1nnc(-c2ccccc2)n1)NN=Cc1cn(-c2ccccc2)nc1-c1cccs1. The predicted octanol–water partition coefficient (Wildman–Crippen LogP) is 3.40. The van der Waals surface area contributed by atoms with E-state index < -0.39 is 0 Å². The third-order valence-corrected chi connectivity index (χ3v) is 5.56. The molecule has 0 aliphatic carbocycles. The van der Waals surface area contributed by atoms with Crippen LogP contribution in [0.25, 0.3) is 27.6 Å². The quantitative estimate of drug-likeness (QED) is 0.300. The fourth-order valence-corrected chi connectivity index (χ4v) is 3.88. The van der Waals surface area contributed by atoms with Crippen LogP contribution < -0.4 is 5.43 Å². The summed E-state index contributed by atoms with van der Waals surface area (Å²) < 4.78 is 1.79. The Morgan fingerprint density at radius 2 is 1.79 bits per heavy atom. The van der Waals surface area contributed by atoms with E-state index in [1.54, 1.807) is 22.2 Å². The molecule has 3 heterocycles. The van der Waals surface area contributed by atoms with E-state index in [-0.39, 0.29) is 12.5 Å². The summed E-state index contributed by atoms with van der Waals surface area (Å²) in [6.07, 6.45) is 3.47. The zero-order valence-electron chi connectivity index (χ0n) is 17.3. The van der Waals surface area contributed by atoms with Crippen LogP contribution in [-0.4, -0.2) is 42.1 Å². The Hall–Kier alpha value is -4.44. The summed E-state index contributed by atoms with van der Waals surface area (Å²) in [6.45, 7) is -0.0990. The van der Waals surface area contributed by atoms with Gasteiger partial charge in [0.25, 0.3) is 5.91 Å². The van der Waals surface area contributed by atoms with Crippen LogP contribution in [0.3, 0.4) is 0 Å². The van der Waals surface area contributed by atoms with Gasteiger partial charge in [-0.15, -0.1) is 21.5 Å². The Labute approximate surface area is 193 Å². The second-order valence-corrected chi connectivity index (χ2v) is 7.94. The van der Waals surface area contributed by atoms with Gasteiger partial charge < -0.3 is 0 Å². The van der Waals surface area contributed by atoms with Gasteiger partial charge in [-0.2, -0.15) is 15.0 Å². The molecular formula is C23H18N8OS. The first-order chi connectivity index (χ1) is 16.3. The van der Waals surface area contributed by atoms with Crippen LogP contribution in [0.1, 0.15) is 5.56 Å². The second-order valence-electron chi connectivity index (χ2n) is 6.99. The Balaban J connectivity index is 1.29. The van der Waals surface area contributed by atoms with Crippen LogP contribution in [0.4, 0.5) is 0 Å². The van der Waals surface area contributed by atoms with Gasteiger partial charge in [0.05, 0.1) is 16.8 Å². The van der Waals surface area contributed by atoms with Gasteiger partial charge in [-0.1, -0.05) is 54.6 Å². The Morgan fingerprint density at radius 1 is 1.00 bits per heavy atom. The molecule has 3 aromatic heterocycles. The number of tetrazole rings is 1. The fraction of sp³-hybridized carbons (Fsp3) is 0.0435. The highest BCUT2D eigenvalue weighted by molar-refractivity contribution is 7.13. The minimum atomic E-state index is -0.364. The molecule has 0 bridgehead atoms. The average Bonchev–Trinajstić information content (AvgIpc) is 3.61. The van der Waals surface area contributed by atoms with E-state index in [0.29, 0.717) is 5.82 Å². The molecule has 0 aliphatic rings. The molecule has 0 fully saturated rings. The van der Waals surface area contributed by atoms with Gasteiger partial charge in [-0.25, -0.2) is 10.1 Å². The molecule has 0 atom stereocenters. The third-order valence-electron chi connectivity index (χ3n) is 4.68. The summed E-state index contributed by atoms with van der Waals surface area (Å²) in [4.78, 5) is 14.6.